The van der Waals surface area contributed by atoms with Crippen LogP contribution in [-0.4, -0.2) is 5.78 Å². The lowest BCUT2D eigenvalue weighted by molar-refractivity contribution is 0.0671. The summed E-state index contributed by atoms with van der Waals surface area (Å²) >= 11 is 0. The Morgan fingerprint density at radius 1 is 0.963 bits per heavy atom. The van der Waals surface area contributed by atoms with Gasteiger partial charge in [-0.15, -0.1) is 0 Å². The van der Waals surface area contributed by atoms with E-state index < -0.39 is 0 Å². The van der Waals surface area contributed by atoms with Crippen LogP contribution in [0.4, 0.5) is 0 Å². The molecule has 27 heavy (non-hydrogen) atoms. The Balaban J connectivity index is 1.39. The highest BCUT2D eigenvalue weighted by Gasteiger charge is 2.53. The Labute approximate surface area is 161 Å². The van der Waals surface area contributed by atoms with Gasteiger partial charge in [0.25, 0.3) is 0 Å². The molecule has 0 heterocycles. The molecule has 6 rings (SSSR count). The SMILES string of the molecule is O=C1c2cc3ccc(C4CCCCC4)cc3cc2CCC12CC1=CCC2C1. The highest BCUT2D eigenvalue weighted by molar-refractivity contribution is 6.06. The zero-order valence-electron chi connectivity index (χ0n) is 16.1. The Morgan fingerprint density at radius 3 is 2.63 bits per heavy atom. The van der Waals surface area contributed by atoms with E-state index in [2.05, 4.69) is 36.4 Å². The maximum Gasteiger partial charge on any atom is 0.169 e. The van der Waals surface area contributed by atoms with Crippen molar-refractivity contribution < 1.29 is 4.79 Å². The first-order valence-electron chi connectivity index (χ1n) is 11.0. The molecule has 2 aromatic rings. The predicted molar refractivity (Wildman–Crippen MR) is 110 cm³/mol. The third kappa shape index (κ3) is 2.33. The van der Waals surface area contributed by atoms with Crippen LogP contribution in [0.2, 0.25) is 0 Å². The zero-order valence-corrected chi connectivity index (χ0v) is 16.1. The minimum absolute atomic E-state index is 0.0627. The summed E-state index contributed by atoms with van der Waals surface area (Å²) < 4.78 is 0. The summed E-state index contributed by atoms with van der Waals surface area (Å²) in [4.78, 5) is 13.6. The summed E-state index contributed by atoms with van der Waals surface area (Å²) in [5, 5.41) is 2.59. The maximum atomic E-state index is 13.6. The summed E-state index contributed by atoms with van der Waals surface area (Å²) in [6.45, 7) is 0. The third-order valence-electron chi connectivity index (χ3n) is 8.22. The number of ketones is 1. The van der Waals surface area contributed by atoms with Crippen molar-refractivity contribution in [1.29, 1.82) is 0 Å². The predicted octanol–water partition coefficient (Wildman–Crippen LogP) is 6.74. The minimum atomic E-state index is -0.0627. The van der Waals surface area contributed by atoms with Crippen molar-refractivity contribution in [3.05, 3.63) is 58.7 Å². The molecule has 2 aromatic carbocycles. The molecule has 1 spiro atoms. The van der Waals surface area contributed by atoms with Gasteiger partial charge in [-0.25, -0.2) is 0 Å². The van der Waals surface area contributed by atoms with E-state index >= 15 is 0 Å². The number of benzene rings is 2. The fourth-order valence-electron chi connectivity index (χ4n) is 6.68. The van der Waals surface area contributed by atoms with Crippen LogP contribution in [0.15, 0.2) is 42.0 Å². The molecule has 2 unspecified atom stereocenters. The molecule has 1 nitrogen and oxygen atoms in total. The van der Waals surface area contributed by atoms with Crippen molar-refractivity contribution >= 4 is 16.6 Å². The van der Waals surface area contributed by atoms with Crippen LogP contribution in [0.5, 0.6) is 0 Å². The van der Waals surface area contributed by atoms with Gasteiger partial charge in [0, 0.05) is 11.0 Å². The van der Waals surface area contributed by atoms with E-state index in [1.54, 1.807) is 5.57 Å². The minimum Gasteiger partial charge on any atom is -0.294 e. The van der Waals surface area contributed by atoms with Gasteiger partial charge in [0.15, 0.2) is 5.78 Å². The fraction of sp³-hybridized carbons (Fsp3) is 0.500. The monoisotopic (exact) mass is 356 g/mol. The molecule has 2 saturated carbocycles. The van der Waals surface area contributed by atoms with Gasteiger partial charge in [-0.1, -0.05) is 55.2 Å². The summed E-state index contributed by atoms with van der Waals surface area (Å²) in [5.74, 6) is 1.78. The summed E-state index contributed by atoms with van der Waals surface area (Å²) in [6.07, 6.45) is 14.7. The topological polar surface area (TPSA) is 17.1 Å². The van der Waals surface area contributed by atoms with Crippen molar-refractivity contribution in [2.45, 2.75) is 70.1 Å². The van der Waals surface area contributed by atoms with Gasteiger partial charge in [-0.3, -0.25) is 4.79 Å². The van der Waals surface area contributed by atoms with Crippen molar-refractivity contribution in [3.63, 3.8) is 0 Å². The third-order valence-corrected chi connectivity index (χ3v) is 8.22. The number of hydrogen-bond acceptors (Lipinski definition) is 1. The van der Waals surface area contributed by atoms with Crippen molar-refractivity contribution in [3.8, 4) is 0 Å². The van der Waals surface area contributed by atoms with Crippen LogP contribution >= 0.6 is 0 Å². The van der Waals surface area contributed by atoms with E-state index in [0.717, 1.165) is 37.2 Å². The number of carbonyl (C=O) groups is 1. The maximum absolute atomic E-state index is 13.6. The first kappa shape index (κ1) is 16.1. The van der Waals surface area contributed by atoms with Crippen LogP contribution in [0, 0.1) is 11.3 Å². The van der Waals surface area contributed by atoms with E-state index in [0.29, 0.717) is 11.7 Å². The van der Waals surface area contributed by atoms with E-state index in [-0.39, 0.29) is 5.41 Å². The second-order valence-electron chi connectivity index (χ2n) is 9.61. The quantitative estimate of drug-likeness (QED) is 0.517. The van der Waals surface area contributed by atoms with Crippen molar-refractivity contribution in [2.24, 2.45) is 11.3 Å². The Kier molecular flexibility index (Phi) is 3.46. The molecule has 0 aromatic heterocycles. The average molecular weight is 357 g/mol. The van der Waals surface area contributed by atoms with Crippen molar-refractivity contribution in [2.75, 3.05) is 0 Å². The van der Waals surface area contributed by atoms with Crippen LogP contribution < -0.4 is 0 Å². The van der Waals surface area contributed by atoms with Crippen LogP contribution in [0.25, 0.3) is 10.8 Å². The number of Topliss-reactive ketones (excluding diaryl/α,β-unsaturated/α-hetero) is 1. The number of aryl methyl sites for hydroxylation is 1. The Hall–Kier alpha value is -1.89. The molecular formula is C26H28O. The number of fused-ring (bicyclic) bond motifs is 5. The highest BCUT2D eigenvalue weighted by Crippen LogP contribution is 2.58. The molecule has 138 valence electrons. The normalized spacial score (nSPS) is 30.1. The van der Waals surface area contributed by atoms with Gasteiger partial charge >= 0.3 is 0 Å². The van der Waals surface area contributed by atoms with Gasteiger partial charge in [0.1, 0.15) is 0 Å². The second kappa shape index (κ2) is 5.80. The molecule has 0 saturated heterocycles. The number of rotatable bonds is 1. The smallest absolute Gasteiger partial charge is 0.169 e. The van der Waals surface area contributed by atoms with Gasteiger partial charge in [0.2, 0.25) is 0 Å². The lowest BCUT2D eigenvalue weighted by Crippen LogP contribution is -2.39. The molecule has 0 aliphatic heterocycles. The zero-order chi connectivity index (χ0) is 18.0. The van der Waals surface area contributed by atoms with Crippen LogP contribution in [-0.2, 0) is 6.42 Å². The van der Waals surface area contributed by atoms with E-state index in [1.165, 1.54) is 60.4 Å². The van der Waals surface area contributed by atoms with Crippen LogP contribution in [0.1, 0.15) is 85.2 Å². The fourth-order valence-corrected chi connectivity index (χ4v) is 6.68. The second-order valence-corrected chi connectivity index (χ2v) is 9.61. The molecule has 4 aliphatic carbocycles. The lowest BCUT2D eigenvalue weighted by atomic mass is 9.63. The molecule has 2 fully saturated rings. The summed E-state index contributed by atoms with van der Waals surface area (Å²) in [7, 11) is 0. The van der Waals surface area contributed by atoms with Crippen molar-refractivity contribution in [1.82, 2.24) is 0 Å². The number of allylic oxidation sites excluding steroid dienone is 2. The van der Waals surface area contributed by atoms with E-state index in [1.807, 2.05) is 0 Å². The molecule has 0 amide bonds. The molecular weight excluding hydrogens is 328 g/mol. The van der Waals surface area contributed by atoms with Gasteiger partial charge < -0.3 is 0 Å². The van der Waals surface area contributed by atoms with E-state index in [4.69, 9.17) is 0 Å². The van der Waals surface area contributed by atoms with Crippen LogP contribution in [0.3, 0.4) is 0 Å². The number of carbonyl (C=O) groups excluding carboxylic acids is 1. The molecule has 0 N–H and O–H groups in total. The van der Waals surface area contributed by atoms with Gasteiger partial charge in [-0.05, 0) is 84.7 Å². The molecule has 0 radical (unpaired) electrons. The molecule has 2 bridgehead atoms. The molecule has 4 aliphatic rings. The number of hydrogen-bond donors (Lipinski definition) is 0. The standard InChI is InChI=1S/C26H28O/c27-25-24-15-20-8-7-19(18-4-2-1-3-5-18)13-22(20)14-21(24)10-11-26(25)16-17-6-9-23(26)12-17/h6-8,13-15,18,23H,1-5,9-12,16H2. The summed E-state index contributed by atoms with van der Waals surface area (Å²) in [6, 6.07) is 11.6. The first-order valence-corrected chi connectivity index (χ1v) is 11.0. The van der Waals surface area contributed by atoms with Gasteiger partial charge in [-0.2, -0.15) is 0 Å². The Bertz CT molecular complexity index is 975. The highest BCUT2D eigenvalue weighted by atomic mass is 16.1. The largest absolute Gasteiger partial charge is 0.294 e. The Morgan fingerprint density at radius 2 is 1.85 bits per heavy atom. The average Bonchev–Trinajstić information content (AvgIpc) is 3.32. The first-order chi connectivity index (χ1) is 13.2. The summed E-state index contributed by atoms with van der Waals surface area (Å²) in [5.41, 5.74) is 5.34. The van der Waals surface area contributed by atoms with Gasteiger partial charge in [0.05, 0.1) is 0 Å². The molecule has 1 heteroatoms. The molecule has 2 atom stereocenters. The lowest BCUT2D eigenvalue weighted by Gasteiger charge is -2.39. The van der Waals surface area contributed by atoms with E-state index in [9.17, 15) is 4.79 Å².